The van der Waals surface area contributed by atoms with Gasteiger partial charge in [-0.2, -0.15) is 0 Å². The van der Waals surface area contributed by atoms with Crippen LogP contribution >= 0.6 is 11.3 Å². The van der Waals surface area contributed by atoms with Gasteiger partial charge in [0.1, 0.15) is 0 Å². The fraction of sp³-hybridized carbons (Fsp3) is 0. The summed E-state index contributed by atoms with van der Waals surface area (Å²) in [4.78, 5) is 6.99. The Morgan fingerprint density at radius 2 is 0.909 bits per heavy atom. The third-order valence-electron chi connectivity index (χ3n) is 8.15. The molecule has 0 saturated heterocycles. The summed E-state index contributed by atoms with van der Waals surface area (Å²) in [7, 11) is 0. The maximum Gasteiger partial charge on any atom is 0.0888 e. The van der Waals surface area contributed by atoms with Gasteiger partial charge in [0, 0.05) is 33.3 Å². The standard InChI is InChI=1S/C41H28N2S/c1-3-9-29(10-4-1)31-16-22-34(23-17-31)43(35-24-18-32(19-25-35)30-11-5-2-6-12-30)36-26-20-33(21-27-36)37-13-7-14-38-40-39(44-41(37)38)15-8-28-42-40/h1-28H. The molecule has 0 atom stereocenters. The van der Waals surface area contributed by atoms with Crippen LogP contribution in [0.25, 0.3) is 53.7 Å². The summed E-state index contributed by atoms with van der Waals surface area (Å²) in [5.41, 5.74) is 11.7. The molecule has 2 heterocycles. The Morgan fingerprint density at radius 1 is 0.409 bits per heavy atom. The largest absolute Gasteiger partial charge is 0.311 e. The van der Waals surface area contributed by atoms with Gasteiger partial charge in [-0.05, 0) is 81.9 Å². The van der Waals surface area contributed by atoms with E-state index >= 15 is 0 Å². The van der Waals surface area contributed by atoms with Crippen molar-refractivity contribution in [3.8, 4) is 33.4 Å². The van der Waals surface area contributed by atoms with Gasteiger partial charge in [-0.25, -0.2) is 0 Å². The van der Waals surface area contributed by atoms with Gasteiger partial charge in [0.05, 0.1) is 10.2 Å². The van der Waals surface area contributed by atoms with Crippen molar-refractivity contribution in [1.29, 1.82) is 0 Å². The minimum absolute atomic E-state index is 1.08. The quantitative estimate of drug-likeness (QED) is 0.194. The number of benzene rings is 6. The zero-order valence-electron chi connectivity index (χ0n) is 24.0. The van der Waals surface area contributed by atoms with Crippen LogP contribution in [0.15, 0.2) is 170 Å². The summed E-state index contributed by atoms with van der Waals surface area (Å²) in [6, 6.07) is 58.4. The van der Waals surface area contributed by atoms with Crippen LogP contribution in [-0.2, 0) is 0 Å². The number of thiophene rings is 1. The molecule has 8 rings (SSSR count). The van der Waals surface area contributed by atoms with Gasteiger partial charge < -0.3 is 4.90 Å². The second kappa shape index (κ2) is 11.3. The minimum atomic E-state index is 1.08. The maximum atomic E-state index is 4.66. The Bertz CT molecular complexity index is 2100. The van der Waals surface area contributed by atoms with Crippen molar-refractivity contribution in [2.24, 2.45) is 0 Å². The first-order valence-corrected chi connectivity index (χ1v) is 15.6. The van der Waals surface area contributed by atoms with Gasteiger partial charge in [-0.15, -0.1) is 11.3 Å². The van der Waals surface area contributed by atoms with E-state index in [1.54, 1.807) is 0 Å². The molecule has 6 aromatic carbocycles. The second-order valence-electron chi connectivity index (χ2n) is 10.8. The molecule has 3 heteroatoms. The molecule has 0 saturated carbocycles. The zero-order valence-corrected chi connectivity index (χ0v) is 24.8. The van der Waals surface area contributed by atoms with Crippen LogP contribution in [0.3, 0.4) is 0 Å². The van der Waals surface area contributed by atoms with Crippen molar-refractivity contribution >= 4 is 48.7 Å². The molecule has 0 bridgehead atoms. The second-order valence-corrected chi connectivity index (χ2v) is 11.9. The SMILES string of the molecule is c1ccc(-c2ccc(N(c3ccc(-c4ccccc4)cc3)c3ccc(-c4cccc5c4sc4cccnc45)cc3)cc2)cc1. The van der Waals surface area contributed by atoms with Crippen molar-refractivity contribution in [2.45, 2.75) is 0 Å². The van der Waals surface area contributed by atoms with E-state index in [1.165, 1.54) is 48.2 Å². The zero-order chi connectivity index (χ0) is 29.3. The number of aromatic nitrogens is 1. The predicted molar refractivity (Wildman–Crippen MR) is 188 cm³/mol. The summed E-state index contributed by atoms with van der Waals surface area (Å²) in [6.07, 6.45) is 1.88. The Kier molecular flexibility index (Phi) is 6.71. The average Bonchev–Trinajstić information content (AvgIpc) is 3.49. The lowest BCUT2D eigenvalue weighted by atomic mass is 10.0. The molecule has 0 fully saturated rings. The molecule has 0 spiro atoms. The van der Waals surface area contributed by atoms with E-state index in [9.17, 15) is 0 Å². The summed E-state index contributed by atoms with van der Waals surface area (Å²) in [5, 5.41) is 1.21. The Morgan fingerprint density at radius 3 is 1.45 bits per heavy atom. The predicted octanol–water partition coefficient (Wildman–Crippen LogP) is 11.9. The Balaban J connectivity index is 1.19. The van der Waals surface area contributed by atoms with Crippen molar-refractivity contribution in [2.75, 3.05) is 4.90 Å². The summed E-state index contributed by atoms with van der Waals surface area (Å²) < 4.78 is 2.49. The highest BCUT2D eigenvalue weighted by atomic mass is 32.1. The van der Waals surface area contributed by atoms with E-state index in [0.717, 1.165) is 22.6 Å². The van der Waals surface area contributed by atoms with Crippen molar-refractivity contribution in [1.82, 2.24) is 4.98 Å². The molecule has 2 aromatic heterocycles. The molecule has 0 aliphatic carbocycles. The lowest BCUT2D eigenvalue weighted by molar-refractivity contribution is 1.28. The molecule has 44 heavy (non-hydrogen) atoms. The first-order valence-electron chi connectivity index (χ1n) is 14.8. The number of hydrogen-bond donors (Lipinski definition) is 0. The van der Waals surface area contributed by atoms with E-state index in [4.69, 9.17) is 0 Å². The van der Waals surface area contributed by atoms with Crippen LogP contribution in [0.5, 0.6) is 0 Å². The molecular formula is C41H28N2S. The smallest absolute Gasteiger partial charge is 0.0888 e. The van der Waals surface area contributed by atoms with Gasteiger partial charge >= 0.3 is 0 Å². The van der Waals surface area contributed by atoms with E-state index in [1.807, 2.05) is 23.6 Å². The van der Waals surface area contributed by atoms with Crippen LogP contribution in [0.1, 0.15) is 0 Å². The molecule has 0 amide bonds. The minimum Gasteiger partial charge on any atom is -0.311 e. The molecule has 208 valence electrons. The van der Waals surface area contributed by atoms with Gasteiger partial charge in [-0.1, -0.05) is 115 Å². The fourth-order valence-electron chi connectivity index (χ4n) is 5.95. The third-order valence-corrected chi connectivity index (χ3v) is 9.35. The number of pyridine rings is 1. The molecule has 0 aliphatic rings. The highest BCUT2D eigenvalue weighted by molar-refractivity contribution is 7.26. The van der Waals surface area contributed by atoms with Gasteiger partial charge in [-0.3, -0.25) is 4.98 Å². The van der Waals surface area contributed by atoms with E-state index in [-0.39, 0.29) is 0 Å². The van der Waals surface area contributed by atoms with Crippen molar-refractivity contribution in [3.05, 3.63) is 170 Å². The van der Waals surface area contributed by atoms with E-state index < -0.39 is 0 Å². The molecule has 8 aromatic rings. The highest BCUT2D eigenvalue weighted by Gasteiger charge is 2.15. The van der Waals surface area contributed by atoms with Crippen LogP contribution in [0.4, 0.5) is 17.1 Å². The number of rotatable bonds is 6. The number of nitrogens with zero attached hydrogens (tertiary/aromatic N) is 2. The molecule has 2 nitrogen and oxygen atoms in total. The number of hydrogen-bond acceptors (Lipinski definition) is 3. The third kappa shape index (κ3) is 4.84. The van der Waals surface area contributed by atoms with E-state index in [2.05, 4.69) is 168 Å². The van der Waals surface area contributed by atoms with Crippen molar-refractivity contribution < 1.29 is 0 Å². The molecule has 0 aliphatic heterocycles. The van der Waals surface area contributed by atoms with Crippen LogP contribution in [-0.4, -0.2) is 4.98 Å². The van der Waals surface area contributed by atoms with Gasteiger partial charge in [0.15, 0.2) is 0 Å². The topological polar surface area (TPSA) is 16.1 Å². The Labute approximate surface area is 261 Å². The first kappa shape index (κ1) is 26.1. The number of anilines is 3. The maximum absolute atomic E-state index is 4.66. The van der Waals surface area contributed by atoms with Crippen LogP contribution < -0.4 is 4.90 Å². The monoisotopic (exact) mass is 580 g/mol. The summed E-state index contributed by atoms with van der Waals surface area (Å²) in [6.45, 7) is 0. The highest BCUT2D eigenvalue weighted by Crippen LogP contribution is 2.41. The molecule has 0 radical (unpaired) electrons. The molecular weight excluding hydrogens is 553 g/mol. The van der Waals surface area contributed by atoms with Crippen LogP contribution in [0, 0.1) is 0 Å². The van der Waals surface area contributed by atoms with Crippen LogP contribution in [0.2, 0.25) is 0 Å². The lowest BCUT2D eigenvalue weighted by Crippen LogP contribution is -2.09. The number of fused-ring (bicyclic) bond motifs is 3. The lowest BCUT2D eigenvalue weighted by Gasteiger charge is -2.26. The summed E-state index contributed by atoms with van der Waals surface area (Å²) in [5.74, 6) is 0. The summed E-state index contributed by atoms with van der Waals surface area (Å²) >= 11 is 1.81. The van der Waals surface area contributed by atoms with Gasteiger partial charge in [0.2, 0.25) is 0 Å². The molecule has 0 N–H and O–H groups in total. The Hall–Kier alpha value is -5.51. The fourth-order valence-corrected chi connectivity index (χ4v) is 7.15. The van der Waals surface area contributed by atoms with Gasteiger partial charge in [0.25, 0.3) is 0 Å². The van der Waals surface area contributed by atoms with E-state index in [0.29, 0.717) is 0 Å². The first-order chi connectivity index (χ1) is 21.8. The van der Waals surface area contributed by atoms with Crippen molar-refractivity contribution in [3.63, 3.8) is 0 Å². The normalized spacial score (nSPS) is 11.2. The average molecular weight is 581 g/mol. The molecule has 0 unspecified atom stereocenters.